The third-order valence-electron chi connectivity index (χ3n) is 3.15. The van der Waals surface area contributed by atoms with Crippen LogP contribution >= 0.6 is 23.2 Å². The molecule has 0 fully saturated rings. The Labute approximate surface area is 145 Å². The summed E-state index contributed by atoms with van der Waals surface area (Å²) in [6.45, 7) is 3.74. The van der Waals surface area contributed by atoms with Gasteiger partial charge in [-0.05, 0) is 30.5 Å². The lowest BCUT2D eigenvalue weighted by Crippen LogP contribution is -2.41. The largest absolute Gasteiger partial charge is 0.480 e. The van der Waals surface area contributed by atoms with Gasteiger partial charge in [0, 0.05) is 23.4 Å². The number of carbonyl (C=O) groups is 3. The van der Waals surface area contributed by atoms with Gasteiger partial charge in [-0.2, -0.15) is 0 Å². The molecule has 2 N–H and O–H groups in total. The number of ketones is 1. The standard InChI is InChI=1S/C16H19Cl2NO4/c1-9(2)7-13(16(22)23)19-15(21)6-5-14(20)11-8-10(17)3-4-12(11)18/h3-4,8-9,13H,5-7H2,1-2H3,(H,19,21)(H,22,23). The Balaban J connectivity index is 2.59. The Kier molecular flexibility index (Phi) is 7.52. The zero-order chi connectivity index (χ0) is 17.6. The van der Waals surface area contributed by atoms with Crippen LogP contribution in [0.4, 0.5) is 0 Å². The summed E-state index contributed by atoms with van der Waals surface area (Å²) in [6, 6.07) is 3.58. The van der Waals surface area contributed by atoms with Gasteiger partial charge in [-0.25, -0.2) is 4.79 Å². The molecule has 1 aromatic rings. The number of carboxylic acid groups (broad SMARTS) is 1. The Morgan fingerprint density at radius 3 is 2.39 bits per heavy atom. The topological polar surface area (TPSA) is 83.5 Å². The fraction of sp³-hybridized carbons (Fsp3) is 0.438. The zero-order valence-electron chi connectivity index (χ0n) is 12.9. The molecule has 0 radical (unpaired) electrons. The maximum atomic E-state index is 12.1. The van der Waals surface area contributed by atoms with E-state index in [1.54, 1.807) is 6.07 Å². The van der Waals surface area contributed by atoms with E-state index < -0.39 is 17.9 Å². The highest BCUT2D eigenvalue weighted by Gasteiger charge is 2.21. The van der Waals surface area contributed by atoms with Crippen LogP contribution in [0.2, 0.25) is 10.0 Å². The summed E-state index contributed by atoms with van der Waals surface area (Å²) in [5, 5.41) is 12.2. The van der Waals surface area contributed by atoms with Crippen LogP contribution in [0.1, 0.15) is 43.5 Å². The first-order valence-corrected chi connectivity index (χ1v) is 7.96. The third-order valence-corrected chi connectivity index (χ3v) is 3.71. The van der Waals surface area contributed by atoms with Crippen molar-refractivity contribution in [1.82, 2.24) is 5.32 Å². The second kappa shape index (κ2) is 8.89. The Morgan fingerprint density at radius 2 is 1.83 bits per heavy atom. The third kappa shape index (κ3) is 6.59. The molecule has 0 saturated carbocycles. The fourth-order valence-electron chi connectivity index (χ4n) is 2.03. The lowest BCUT2D eigenvalue weighted by molar-refractivity contribution is -0.142. The highest BCUT2D eigenvalue weighted by molar-refractivity contribution is 6.35. The van der Waals surface area contributed by atoms with Crippen LogP contribution in [-0.4, -0.2) is 28.8 Å². The molecule has 1 amide bonds. The number of nitrogens with one attached hydrogen (secondary N) is 1. The summed E-state index contributed by atoms with van der Waals surface area (Å²) in [4.78, 5) is 35.0. The first kappa shape index (κ1) is 19.5. The SMILES string of the molecule is CC(C)CC(NC(=O)CCC(=O)c1cc(Cl)ccc1Cl)C(=O)O. The number of hydrogen-bond acceptors (Lipinski definition) is 3. The average molecular weight is 360 g/mol. The van der Waals surface area contributed by atoms with E-state index in [1.807, 2.05) is 13.8 Å². The van der Waals surface area contributed by atoms with Crippen LogP contribution in [-0.2, 0) is 9.59 Å². The molecule has 0 aliphatic heterocycles. The number of benzene rings is 1. The van der Waals surface area contributed by atoms with Crippen molar-refractivity contribution >= 4 is 40.9 Å². The van der Waals surface area contributed by atoms with Crippen molar-refractivity contribution in [2.75, 3.05) is 0 Å². The van der Waals surface area contributed by atoms with Crippen LogP contribution in [0.5, 0.6) is 0 Å². The highest BCUT2D eigenvalue weighted by atomic mass is 35.5. The van der Waals surface area contributed by atoms with E-state index in [-0.39, 0.29) is 35.1 Å². The van der Waals surface area contributed by atoms with Gasteiger partial charge in [0.05, 0.1) is 5.02 Å². The molecular formula is C16H19Cl2NO4. The van der Waals surface area contributed by atoms with Crippen molar-refractivity contribution in [3.8, 4) is 0 Å². The van der Waals surface area contributed by atoms with Gasteiger partial charge in [0.2, 0.25) is 5.91 Å². The number of amides is 1. The van der Waals surface area contributed by atoms with Crippen molar-refractivity contribution in [3.05, 3.63) is 33.8 Å². The van der Waals surface area contributed by atoms with Crippen molar-refractivity contribution in [2.45, 2.75) is 39.2 Å². The second-order valence-corrected chi connectivity index (χ2v) is 6.48. The number of carbonyl (C=O) groups excluding carboxylic acids is 2. The van der Waals surface area contributed by atoms with Crippen molar-refractivity contribution in [1.29, 1.82) is 0 Å². The van der Waals surface area contributed by atoms with E-state index in [1.165, 1.54) is 12.1 Å². The summed E-state index contributed by atoms with van der Waals surface area (Å²) < 4.78 is 0. The van der Waals surface area contributed by atoms with Gasteiger partial charge in [-0.1, -0.05) is 37.0 Å². The molecule has 0 aliphatic carbocycles. The van der Waals surface area contributed by atoms with E-state index in [2.05, 4.69) is 5.32 Å². The molecule has 0 aliphatic rings. The molecule has 126 valence electrons. The number of halogens is 2. The van der Waals surface area contributed by atoms with Gasteiger partial charge in [0.15, 0.2) is 5.78 Å². The van der Waals surface area contributed by atoms with Gasteiger partial charge in [-0.3, -0.25) is 9.59 Å². The Bertz CT molecular complexity index is 602. The van der Waals surface area contributed by atoms with Crippen molar-refractivity contribution < 1.29 is 19.5 Å². The first-order valence-electron chi connectivity index (χ1n) is 7.21. The average Bonchev–Trinajstić information content (AvgIpc) is 2.46. The maximum Gasteiger partial charge on any atom is 0.326 e. The lowest BCUT2D eigenvalue weighted by Gasteiger charge is -2.16. The molecule has 1 atom stereocenters. The Morgan fingerprint density at radius 1 is 1.17 bits per heavy atom. The van der Waals surface area contributed by atoms with Crippen LogP contribution in [0.15, 0.2) is 18.2 Å². The van der Waals surface area contributed by atoms with E-state index >= 15 is 0 Å². The minimum Gasteiger partial charge on any atom is -0.480 e. The molecule has 23 heavy (non-hydrogen) atoms. The molecule has 5 nitrogen and oxygen atoms in total. The Hall–Kier alpha value is -1.59. The number of carboxylic acids is 1. The fourth-order valence-corrected chi connectivity index (χ4v) is 2.43. The molecule has 0 bridgehead atoms. The summed E-state index contributed by atoms with van der Waals surface area (Å²) in [6.07, 6.45) is 0.151. The van der Waals surface area contributed by atoms with Crippen LogP contribution in [0.3, 0.4) is 0 Å². The monoisotopic (exact) mass is 359 g/mol. The predicted octanol–water partition coefficient (Wildman–Crippen LogP) is 3.57. The summed E-state index contributed by atoms with van der Waals surface area (Å²) >= 11 is 11.8. The molecule has 0 spiro atoms. The normalized spacial score (nSPS) is 12.0. The molecule has 1 rings (SSSR count). The van der Waals surface area contributed by atoms with Gasteiger partial charge < -0.3 is 10.4 Å². The molecule has 0 aromatic heterocycles. The lowest BCUT2D eigenvalue weighted by atomic mass is 10.0. The summed E-state index contributed by atoms with van der Waals surface area (Å²) in [7, 11) is 0. The van der Waals surface area contributed by atoms with E-state index in [0.29, 0.717) is 11.4 Å². The quantitative estimate of drug-likeness (QED) is 0.694. The van der Waals surface area contributed by atoms with Crippen molar-refractivity contribution in [3.63, 3.8) is 0 Å². The van der Waals surface area contributed by atoms with Crippen LogP contribution in [0.25, 0.3) is 0 Å². The number of rotatable bonds is 8. The second-order valence-electron chi connectivity index (χ2n) is 5.64. The molecular weight excluding hydrogens is 341 g/mol. The van der Waals surface area contributed by atoms with Gasteiger partial charge in [0.25, 0.3) is 0 Å². The van der Waals surface area contributed by atoms with E-state index in [9.17, 15) is 14.4 Å². The van der Waals surface area contributed by atoms with Gasteiger partial charge in [-0.15, -0.1) is 0 Å². The molecule has 0 saturated heterocycles. The molecule has 1 aromatic carbocycles. The van der Waals surface area contributed by atoms with E-state index in [4.69, 9.17) is 28.3 Å². The first-order chi connectivity index (χ1) is 10.7. The van der Waals surface area contributed by atoms with Gasteiger partial charge in [0.1, 0.15) is 6.04 Å². The minimum absolute atomic E-state index is 0.0695. The van der Waals surface area contributed by atoms with Crippen LogP contribution < -0.4 is 5.32 Å². The maximum absolute atomic E-state index is 12.1. The van der Waals surface area contributed by atoms with Crippen LogP contribution in [0, 0.1) is 5.92 Å². The number of hydrogen-bond donors (Lipinski definition) is 2. The zero-order valence-corrected chi connectivity index (χ0v) is 14.4. The van der Waals surface area contributed by atoms with Gasteiger partial charge >= 0.3 is 5.97 Å². The minimum atomic E-state index is -1.09. The highest BCUT2D eigenvalue weighted by Crippen LogP contribution is 2.22. The number of aliphatic carboxylic acids is 1. The predicted molar refractivity (Wildman–Crippen MR) is 89.0 cm³/mol. The van der Waals surface area contributed by atoms with Crippen molar-refractivity contribution in [2.24, 2.45) is 5.92 Å². The smallest absolute Gasteiger partial charge is 0.326 e. The molecule has 1 unspecified atom stereocenters. The molecule has 7 heteroatoms. The van der Waals surface area contributed by atoms with E-state index in [0.717, 1.165) is 0 Å². The summed E-state index contributed by atoms with van der Waals surface area (Å²) in [5.41, 5.74) is 0.254. The summed E-state index contributed by atoms with van der Waals surface area (Å²) in [5.74, 6) is -1.76. The molecule has 0 heterocycles. The number of Topliss-reactive ketones (excluding diaryl/α,β-unsaturated/α-hetero) is 1.